The number of anilines is 1. The van der Waals surface area contributed by atoms with Gasteiger partial charge in [-0.15, -0.1) is 10.2 Å². The summed E-state index contributed by atoms with van der Waals surface area (Å²) in [6.07, 6.45) is -0.178. The molecule has 2 rings (SSSR count). The number of aromatic amines is 1. The van der Waals surface area contributed by atoms with E-state index in [-0.39, 0.29) is 12.2 Å². The van der Waals surface area contributed by atoms with E-state index in [9.17, 15) is 9.59 Å². The summed E-state index contributed by atoms with van der Waals surface area (Å²) >= 11 is 0. The highest BCUT2D eigenvalue weighted by Crippen LogP contribution is 2.16. The lowest BCUT2D eigenvalue weighted by Crippen LogP contribution is -2.16. The number of nitrogens with one attached hydrogen (secondary N) is 2. The molecule has 0 aliphatic carbocycles. The fourth-order valence-corrected chi connectivity index (χ4v) is 1.40. The van der Waals surface area contributed by atoms with Gasteiger partial charge in [0.05, 0.1) is 6.42 Å². The number of carbonyl (C=O) groups excluding carboxylic acids is 1. The molecule has 0 saturated heterocycles. The Hall–Kier alpha value is -2.77. The van der Waals surface area contributed by atoms with Crippen molar-refractivity contribution in [3.05, 3.63) is 35.7 Å². The first kappa shape index (κ1) is 11.7. The second-order valence-electron chi connectivity index (χ2n) is 3.42. The standard InChI is InChI=1S/C10H9N5O3/c16-8(17)5-6-3-1-2-4-7(6)11-10(18)9-12-14-15-13-9/h1-4H,5H2,(H,11,18)(H,16,17)(H,12,13,14,15). The van der Waals surface area contributed by atoms with E-state index in [0.29, 0.717) is 11.3 Å². The van der Waals surface area contributed by atoms with E-state index in [2.05, 4.69) is 25.9 Å². The van der Waals surface area contributed by atoms with Crippen molar-refractivity contribution in [3.8, 4) is 0 Å². The number of para-hydroxylation sites is 1. The number of amides is 1. The van der Waals surface area contributed by atoms with E-state index in [1.807, 2.05) is 0 Å². The van der Waals surface area contributed by atoms with Crippen LogP contribution in [0.25, 0.3) is 0 Å². The lowest BCUT2D eigenvalue weighted by atomic mass is 10.1. The lowest BCUT2D eigenvalue weighted by Gasteiger charge is -2.07. The molecule has 0 spiro atoms. The smallest absolute Gasteiger partial charge is 0.307 e. The van der Waals surface area contributed by atoms with Crippen LogP contribution in [-0.2, 0) is 11.2 Å². The van der Waals surface area contributed by atoms with Crippen molar-refractivity contribution < 1.29 is 14.7 Å². The van der Waals surface area contributed by atoms with Gasteiger partial charge in [0, 0.05) is 5.69 Å². The van der Waals surface area contributed by atoms with Gasteiger partial charge in [-0.3, -0.25) is 9.59 Å². The third kappa shape index (κ3) is 2.67. The first-order chi connectivity index (χ1) is 8.66. The zero-order chi connectivity index (χ0) is 13.0. The number of carboxylic acids is 1. The largest absolute Gasteiger partial charge is 0.481 e. The second-order valence-corrected chi connectivity index (χ2v) is 3.42. The average molecular weight is 247 g/mol. The number of carboxylic acid groups (broad SMARTS) is 1. The Labute approximate surface area is 101 Å². The SMILES string of the molecule is O=C(O)Cc1ccccc1NC(=O)c1nn[nH]n1. The van der Waals surface area contributed by atoms with Crippen molar-refractivity contribution in [2.75, 3.05) is 5.32 Å². The van der Waals surface area contributed by atoms with Gasteiger partial charge in [-0.05, 0) is 16.8 Å². The molecule has 0 bridgehead atoms. The van der Waals surface area contributed by atoms with Gasteiger partial charge in [-0.1, -0.05) is 18.2 Å². The van der Waals surface area contributed by atoms with Crippen LogP contribution in [0.2, 0.25) is 0 Å². The number of carbonyl (C=O) groups is 2. The Morgan fingerprint density at radius 1 is 1.33 bits per heavy atom. The van der Waals surface area contributed by atoms with E-state index >= 15 is 0 Å². The predicted octanol–water partition coefficient (Wildman–Crippen LogP) is 0.0791. The minimum absolute atomic E-state index is 0.111. The second kappa shape index (κ2) is 5.04. The minimum atomic E-state index is -0.976. The Kier molecular flexibility index (Phi) is 3.28. The highest BCUT2D eigenvalue weighted by molar-refractivity contribution is 6.02. The van der Waals surface area contributed by atoms with Gasteiger partial charge in [-0.25, -0.2) is 0 Å². The molecule has 0 atom stereocenters. The maximum absolute atomic E-state index is 11.7. The molecule has 0 fully saturated rings. The first-order valence-corrected chi connectivity index (χ1v) is 5.01. The Bertz CT molecular complexity index is 567. The zero-order valence-electron chi connectivity index (χ0n) is 9.12. The van der Waals surface area contributed by atoms with Gasteiger partial charge >= 0.3 is 5.97 Å². The van der Waals surface area contributed by atoms with Crippen LogP contribution in [0.4, 0.5) is 5.69 Å². The van der Waals surface area contributed by atoms with Crippen LogP contribution in [0.1, 0.15) is 16.2 Å². The van der Waals surface area contributed by atoms with Gasteiger partial charge in [0.1, 0.15) is 0 Å². The summed E-state index contributed by atoms with van der Waals surface area (Å²) in [7, 11) is 0. The molecule has 0 saturated carbocycles. The summed E-state index contributed by atoms with van der Waals surface area (Å²) in [5, 5.41) is 23.8. The maximum Gasteiger partial charge on any atom is 0.307 e. The number of aromatic nitrogens is 4. The molecule has 1 aromatic heterocycles. The fraction of sp³-hybridized carbons (Fsp3) is 0.100. The Morgan fingerprint density at radius 2 is 2.11 bits per heavy atom. The number of rotatable bonds is 4. The van der Waals surface area contributed by atoms with E-state index in [1.165, 1.54) is 0 Å². The van der Waals surface area contributed by atoms with Crippen molar-refractivity contribution in [3.63, 3.8) is 0 Å². The molecule has 0 unspecified atom stereocenters. The fourth-order valence-electron chi connectivity index (χ4n) is 1.40. The number of H-pyrrole nitrogens is 1. The third-order valence-electron chi connectivity index (χ3n) is 2.16. The number of benzene rings is 1. The number of hydrogen-bond acceptors (Lipinski definition) is 5. The molecule has 0 aliphatic heterocycles. The summed E-state index contributed by atoms with van der Waals surface area (Å²) in [6.45, 7) is 0. The normalized spacial score (nSPS) is 10.0. The molecule has 92 valence electrons. The van der Waals surface area contributed by atoms with Crippen LogP contribution >= 0.6 is 0 Å². The molecular formula is C10H9N5O3. The highest BCUT2D eigenvalue weighted by Gasteiger charge is 2.13. The molecule has 0 radical (unpaired) electrons. The van der Waals surface area contributed by atoms with Crippen LogP contribution in [0.5, 0.6) is 0 Å². The molecule has 1 aromatic carbocycles. The maximum atomic E-state index is 11.7. The molecule has 0 aliphatic rings. The Balaban J connectivity index is 2.18. The third-order valence-corrected chi connectivity index (χ3v) is 2.16. The molecular weight excluding hydrogens is 238 g/mol. The van der Waals surface area contributed by atoms with Crippen LogP contribution in [-0.4, -0.2) is 37.6 Å². The average Bonchev–Trinajstić information content (AvgIpc) is 2.84. The van der Waals surface area contributed by atoms with Crippen molar-refractivity contribution >= 4 is 17.6 Å². The molecule has 1 amide bonds. The van der Waals surface area contributed by atoms with E-state index in [0.717, 1.165) is 0 Å². The summed E-state index contributed by atoms with van der Waals surface area (Å²) in [4.78, 5) is 22.4. The molecule has 8 heteroatoms. The number of aliphatic carboxylic acids is 1. The number of tetrazole rings is 1. The van der Waals surface area contributed by atoms with E-state index in [1.54, 1.807) is 24.3 Å². The van der Waals surface area contributed by atoms with E-state index in [4.69, 9.17) is 5.11 Å². The summed E-state index contributed by atoms with van der Waals surface area (Å²) in [5.74, 6) is -1.64. The van der Waals surface area contributed by atoms with Gasteiger partial charge in [0.2, 0.25) is 0 Å². The quantitative estimate of drug-likeness (QED) is 0.703. The highest BCUT2D eigenvalue weighted by atomic mass is 16.4. The lowest BCUT2D eigenvalue weighted by molar-refractivity contribution is -0.136. The molecule has 18 heavy (non-hydrogen) atoms. The molecule has 2 aromatic rings. The van der Waals surface area contributed by atoms with Gasteiger partial charge in [0.15, 0.2) is 0 Å². The summed E-state index contributed by atoms with van der Waals surface area (Å²) in [6, 6.07) is 6.62. The van der Waals surface area contributed by atoms with Crippen molar-refractivity contribution in [1.82, 2.24) is 20.6 Å². The predicted molar refractivity (Wildman–Crippen MR) is 59.9 cm³/mol. The van der Waals surface area contributed by atoms with Gasteiger partial charge in [-0.2, -0.15) is 5.21 Å². The van der Waals surface area contributed by atoms with Crippen molar-refractivity contribution in [1.29, 1.82) is 0 Å². The van der Waals surface area contributed by atoms with Crippen molar-refractivity contribution in [2.45, 2.75) is 6.42 Å². The van der Waals surface area contributed by atoms with Crippen LogP contribution in [0.15, 0.2) is 24.3 Å². The van der Waals surface area contributed by atoms with Gasteiger partial charge < -0.3 is 10.4 Å². The molecule has 1 heterocycles. The monoisotopic (exact) mass is 247 g/mol. The Morgan fingerprint density at radius 3 is 2.78 bits per heavy atom. The zero-order valence-corrected chi connectivity index (χ0v) is 9.12. The van der Waals surface area contributed by atoms with Crippen LogP contribution in [0.3, 0.4) is 0 Å². The summed E-state index contributed by atoms with van der Waals surface area (Å²) < 4.78 is 0. The van der Waals surface area contributed by atoms with Crippen LogP contribution in [0, 0.1) is 0 Å². The first-order valence-electron chi connectivity index (χ1n) is 5.01. The van der Waals surface area contributed by atoms with Gasteiger partial charge in [0.25, 0.3) is 11.7 Å². The van der Waals surface area contributed by atoms with E-state index < -0.39 is 11.9 Å². The molecule has 8 nitrogen and oxygen atoms in total. The van der Waals surface area contributed by atoms with Crippen molar-refractivity contribution in [2.24, 2.45) is 0 Å². The molecule has 3 N–H and O–H groups in total. The minimum Gasteiger partial charge on any atom is -0.481 e. The number of hydrogen-bond donors (Lipinski definition) is 3. The van der Waals surface area contributed by atoms with Crippen LogP contribution < -0.4 is 5.32 Å². The summed E-state index contributed by atoms with van der Waals surface area (Å²) in [5.41, 5.74) is 0.913. The number of nitrogens with zero attached hydrogens (tertiary/aromatic N) is 3. The topological polar surface area (TPSA) is 121 Å².